The molecule has 3 heterocycles. The maximum atomic E-state index is 8.99. The predicted molar refractivity (Wildman–Crippen MR) is 297 cm³/mol. The number of nitrogens with zero attached hydrogens (tertiary/aromatic N) is 6. The van der Waals surface area contributed by atoms with Crippen molar-refractivity contribution in [3.63, 3.8) is 0 Å². The third-order valence-electron chi connectivity index (χ3n) is 13.9. The third-order valence-corrected chi connectivity index (χ3v) is 13.9. The third kappa shape index (κ3) is 7.14. The van der Waals surface area contributed by atoms with E-state index < -0.39 is 0 Å². The van der Waals surface area contributed by atoms with Crippen LogP contribution in [0.5, 0.6) is 0 Å². The Morgan fingerprint density at radius 1 is 0.333 bits per heavy atom. The van der Waals surface area contributed by atoms with Crippen molar-refractivity contribution >= 4 is 49.3 Å². The Morgan fingerprint density at radius 3 is 1.26 bits per heavy atom. The van der Waals surface area contributed by atoms with Crippen LogP contribution in [0.15, 0.2) is 231 Å². The molecule has 0 amide bonds. The highest BCUT2D eigenvalue weighted by molar-refractivity contribution is 6.14. The minimum Gasteiger partial charge on any atom is -0.310 e. The van der Waals surface area contributed by atoms with Crippen molar-refractivity contribution in [2.75, 3.05) is 0 Å². The maximum absolute atomic E-state index is 8.99. The Kier molecular flexibility index (Phi) is 10.2. The van der Waals surface area contributed by atoms with E-state index in [1.807, 2.05) is 72.8 Å². The van der Waals surface area contributed by atoms with Gasteiger partial charge in [-0.1, -0.05) is 193 Å². The van der Waals surface area contributed by atoms with Gasteiger partial charge < -0.3 is 9.13 Å². The van der Waals surface area contributed by atoms with Crippen molar-refractivity contribution in [2.45, 2.75) is 13.8 Å². The molecule has 10 aromatic carbocycles. The van der Waals surface area contributed by atoms with Crippen LogP contribution >= 0.6 is 0 Å². The molecular weight excluding hydrogens is 877 g/mol. The fourth-order valence-electron chi connectivity index (χ4n) is 10.6. The molecule has 6 nitrogen and oxygen atoms in total. The molecule has 6 heteroatoms. The van der Waals surface area contributed by atoms with Gasteiger partial charge in [0, 0.05) is 55.0 Å². The molecule has 0 radical (unpaired) electrons. The standard InChI is InChI=1S/C66H44N6/c1-42-18-14-24-46(38-42)48-34-36-58-53(40-48)50-26-10-12-30-56(50)71(58)60-32-16-28-52(66-69-64(44-20-6-4-7-21-44)68-65(70-66)45-22-8-5-9-23-45)62(60)63-55(67-3)29-17-33-61(63)72-57-31-13-11-27-51(57)54-41-49(35-37-59(54)72)47-25-15-19-43(2)39-47/h4-41H,1-2H3. The first-order valence-corrected chi connectivity index (χ1v) is 24.2. The zero-order chi connectivity index (χ0) is 48.3. The largest absolute Gasteiger partial charge is 0.310 e. The summed E-state index contributed by atoms with van der Waals surface area (Å²) in [6.45, 7) is 13.3. The van der Waals surface area contributed by atoms with E-state index in [0.29, 0.717) is 23.2 Å². The second-order valence-electron chi connectivity index (χ2n) is 18.4. The molecule has 0 fully saturated rings. The summed E-state index contributed by atoms with van der Waals surface area (Å²) in [5, 5.41) is 4.51. The number of rotatable bonds is 8. The van der Waals surface area contributed by atoms with Gasteiger partial charge >= 0.3 is 0 Å². The van der Waals surface area contributed by atoms with E-state index in [9.17, 15) is 0 Å². The summed E-state index contributed by atoms with van der Waals surface area (Å²) in [7, 11) is 0. The summed E-state index contributed by atoms with van der Waals surface area (Å²) < 4.78 is 4.71. The van der Waals surface area contributed by atoms with Crippen LogP contribution in [0.1, 0.15) is 11.1 Å². The van der Waals surface area contributed by atoms with Crippen molar-refractivity contribution in [3.8, 4) is 78.9 Å². The molecule has 0 saturated carbocycles. The lowest BCUT2D eigenvalue weighted by atomic mass is 9.93. The fraction of sp³-hybridized carbons (Fsp3) is 0.0303. The summed E-state index contributed by atoms with van der Waals surface area (Å²) >= 11 is 0. The lowest BCUT2D eigenvalue weighted by molar-refractivity contribution is 1.07. The molecule has 13 aromatic rings. The number of benzene rings is 10. The topological polar surface area (TPSA) is 52.9 Å². The van der Waals surface area contributed by atoms with Gasteiger partial charge in [-0.2, -0.15) is 0 Å². The molecule has 0 bridgehead atoms. The Balaban J connectivity index is 1.15. The molecule has 13 rings (SSSR count). The normalized spacial score (nSPS) is 11.5. The van der Waals surface area contributed by atoms with Crippen molar-refractivity contribution in [3.05, 3.63) is 253 Å². The van der Waals surface area contributed by atoms with Crippen LogP contribution in [0.4, 0.5) is 5.69 Å². The summed E-state index contributed by atoms with van der Waals surface area (Å²) in [6, 6.07) is 80.8. The number of hydrogen-bond acceptors (Lipinski definition) is 3. The minimum atomic E-state index is 0.498. The van der Waals surface area contributed by atoms with Crippen LogP contribution in [0.2, 0.25) is 0 Å². The van der Waals surface area contributed by atoms with Crippen LogP contribution in [0.3, 0.4) is 0 Å². The van der Waals surface area contributed by atoms with Gasteiger partial charge in [0.1, 0.15) is 0 Å². The van der Waals surface area contributed by atoms with Gasteiger partial charge in [0.2, 0.25) is 0 Å². The van der Waals surface area contributed by atoms with E-state index in [4.69, 9.17) is 21.5 Å². The maximum Gasteiger partial charge on any atom is 0.197 e. The Bertz CT molecular complexity index is 4250. The summed E-state index contributed by atoms with van der Waals surface area (Å²) in [4.78, 5) is 20.2. The number of hydrogen-bond donors (Lipinski definition) is 0. The van der Waals surface area contributed by atoms with E-state index >= 15 is 0 Å². The molecule has 0 N–H and O–H groups in total. The SMILES string of the molecule is [C-]#[N+]c1cccc(-n2c3ccccc3c3cc(-c4cccc(C)c4)ccc32)c1-c1c(-c2nc(-c3ccccc3)nc(-c3ccccc3)n2)cccc1-n1c2ccccc2c2cc(-c3cccc(C)c3)ccc21. The highest BCUT2D eigenvalue weighted by Gasteiger charge is 2.27. The number of para-hydroxylation sites is 2. The minimum absolute atomic E-state index is 0.498. The van der Waals surface area contributed by atoms with Gasteiger partial charge in [-0.15, -0.1) is 0 Å². The molecule has 0 aliphatic carbocycles. The zero-order valence-electron chi connectivity index (χ0n) is 39.6. The first kappa shape index (κ1) is 42.4. The van der Waals surface area contributed by atoms with E-state index in [1.54, 1.807) is 0 Å². The van der Waals surface area contributed by atoms with Gasteiger partial charge in [-0.3, -0.25) is 0 Å². The summed E-state index contributed by atoms with van der Waals surface area (Å²) in [5.41, 5.74) is 17.6. The molecule has 338 valence electrons. The molecule has 0 aliphatic rings. The highest BCUT2D eigenvalue weighted by atomic mass is 15.0. The predicted octanol–water partition coefficient (Wildman–Crippen LogP) is 17.2. The van der Waals surface area contributed by atoms with Gasteiger partial charge in [0.15, 0.2) is 23.2 Å². The smallest absolute Gasteiger partial charge is 0.197 e. The van der Waals surface area contributed by atoms with Crippen molar-refractivity contribution in [2.24, 2.45) is 0 Å². The molecule has 3 aromatic heterocycles. The summed E-state index contributed by atoms with van der Waals surface area (Å²) in [6.07, 6.45) is 0. The quantitative estimate of drug-likeness (QED) is 0.143. The number of aryl methyl sites for hydroxylation is 2. The van der Waals surface area contributed by atoms with Crippen molar-refractivity contribution in [1.82, 2.24) is 24.1 Å². The Morgan fingerprint density at radius 2 is 0.750 bits per heavy atom. The Hall–Kier alpha value is -9.70. The molecule has 0 unspecified atom stereocenters. The van der Waals surface area contributed by atoms with E-state index in [1.165, 1.54) is 22.3 Å². The van der Waals surface area contributed by atoms with Crippen LogP contribution < -0.4 is 0 Å². The number of fused-ring (bicyclic) bond motifs is 6. The van der Waals surface area contributed by atoms with Crippen LogP contribution in [0.25, 0.3) is 127 Å². The average molecular weight is 921 g/mol. The van der Waals surface area contributed by atoms with Gasteiger partial charge in [-0.05, 0) is 84.6 Å². The van der Waals surface area contributed by atoms with Crippen molar-refractivity contribution in [1.29, 1.82) is 0 Å². The van der Waals surface area contributed by atoms with Crippen LogP contribution in [-0.4, -0.2) is 24.1 Å². The first-order valence-electron chi connectivity index (χ1n) is 24.2. The van der Waals surface area contributed by atoms with Gasteiger partial charge in [0.05, 0.1) is 34.3 Å². The fourth-order valence-corrected chi connectivity index (χ4v) is 10.6. The molecule has 0 saturated heterocycles. The van der Waals surface area contributed by atoms with E-state index in [2.05, 4.69) is 186 Å². The first-order chi connectivity index (χ1) is 35.5. The van der Waals surface area contributed by atoms with Gasteiger partial charge in [-0.25, -0.2) is 19.8 Å². The molecule has 0 atom stereocenters. The monoisotopic (exact) mass is 920 g/mol. The highest BCUT2D eigenvalue weighted by Crippen LogP contribution is 2.48. The lowest BCUT2D eigenvalue weighted by Crippen LogP contribution is -2.06. The number of aromatic nitrogens is 5. The average Bonchev–Trinajstić information content (AvgIpc) is 3.95. The second-order valence-corrected chi connectivity index (χ2v) is 18.4. The molecule has 0 aliphatic heterocycles. The molecule has 0 spiro atoms. The van der Waals surface area contributed by atoms with Crippen LogP contribution in [-0.2, 0) is 0 Å². The zero-order valence-corrected chi connectivity index (χ0v) is 39.6. The van der Waals surface area contributed by atoms with E-state index in [-0.39, 0.29) is 0 Å². The van der Waals surface area contributed by atoms with Gasteiger partial charge in [0.25, 0.3) is 0 Å². The lowest BCUT2D eigenvalue weighted by Gasteiger charge is -2.22. The Labute approximate surface area is 417 Å². The molecular formula is C66H44N6. The second kappa shape index (κ2) is 17.4. The van der Waals surface area contributed by atoms with Crippen LogP contribution in [0, 0.1) is 20.4 Å². The van der Waals surface area contributed by atoms with E-state index in [0.717, 1.165) is 93.9 Å². The molecule has 72 heavy (non-hydrogen) atoms. The summed E-state index contributed by atoms with van der Waals surface area (Å²) in [5.74, 6) is 1.61. The van der Waals surface area contributed by atoms with Crippen molar-refractivity contribution < 1.29 is 0 Å².